The van der Waals surface area contributed by atoms with Gasteiger partial charge in [0.1, 0.15) is 22.9 Å². The molecular formula is C28H30BFN2O6S. The first-order valence-corrected chi connectivity index (χ1v) is 14.5. The van der Waals surface area contributed by atoms with E-state index in [0.717, 1.165) is 41.2 Å². The maximum Gasteiger partial charge on any atom is 0.492 e. The van der Waals surface area contributed by atoms with Gasteiger partial charge in [0.2, 0.25) is 10.0 Å². The Bertz CT molecular complexity index is 1620. The van der Waals surface area contributed by atoms with Gasteiger partial charge in [0.05, 0.1) is 25.6 Å². The molecule has 204 valence electrons. The summed E-state index contributed by atoms with van der Waals surface area (Å²) in [6, 6.07) is 14.7. The molecule has 1 fully saturated rings. The van der Waals surface area contributed by atoms with Crippen LogP contribution in [0.5, 0.6) is 5.75 Å². The van der Waals surface area contributed by atoms with Crippen LogP contribution in [0.4, 0.5) is 10.1 Å². The van der Waals surface area contributed by atoms with Crippen LogP contribution in [-0.4, -0.2) is 46.0 Å². The molecule has 0 aliphatic heterocycles. The second-order valence-corrected chi connectivity index (χ2v) is 11.8. The lowest BCUT2D eigenvalue weighted by atomic mass is 9.79. The highest BCUT2D eigenvalue weighted by Gasteiger charge is 2.32. The van der Waals surface area contributed by atoms with Gasteiger partial charge in [-0.25, -0.2) is 12.8 Å². The number of rotatable bonds is 10. The Morgan fingerprint density at radius 3 is 2.44 bits per heavy atom. The predicted molar refractivity (Wildman–Crippen MR) is 150 cm³/mol. The van der Waals surface area contributed by atoms with E-state index in [0.29, 0.717) is 29.1 Å². The average molecular weight is 552 g/mol. The van der Waals surface area contributed by atoms with E-state index in [9.17, 15) is 22.9 Å². The molecule has 0 unspecified atom stereocenters. The van der Waals surface area contributed by atoms with Crippen LogP contribution >= 0.6 is 0 Å². The smallest absolute Gasteiger partial charge is 0.492 e. The molecule has 1 aromatic heterocycles. The van der Waals surface area contributed by atoms with E-state index in [1.165, 1.54) is 29.6 Å². The number of nitrogens with one attached hydrogen (secondary N) is 1. The molecule has 0 atom stereocenters. The van der Waals surface area contributed by atoms with Gasteiger partial charge in [-0.2, -0.15) is 0 Å². The Hall–Kier alpha value is -3.38. The number of hydrogen-bond donors (Lipinski definition) is 3. The molecule has 39 heavy (non-hydrogen) atoms. The summed E-state index contributed by atoms with van der Waals surface area (Å²) in [7, 11) is -2.20. The molecule has 4 aromatic rings. The minimum absolute atomic E-state index is 0.0110. The van der Waals surface area contributed by atoms with Gasteiger partial charge >= 0.3 is 7.12 Å². The molecule has 0 spiro atoms. The average Bonchev–Trinajstić information content (AvgIpc) is 3.69. The lowest BCUT2D eigenvalue weighted by Gasteiger charge is -2.26. The quantitative estimate of drug-likeness (QED) is 0.258. The summed E-state index contributed by atoms with van der Waals surface area (Å²) < 4.78 is 52.9. The fraction of sp³-hybridized carbons (Fsp3) is 0.286. The minimum atomic E-state index is -3.73. The second-order valence-electron chi connectivity index (χ2n) is 9.85. The third-order valence-electron chi connectivity index (χ3n) is 6.99. The molecular weight excluding hydrogens is 522 g/mol. The minimum Gasteiger partial charge on any atom is -0.497 e. The molecule has 0 bridgehead atoms. The van der Waals surface area contributed by atoms with E-state index in [1.54, 1.807) is 30.3 Å². The highest BCUT2D eigenvalue weighted by molar-refractivity contribution is 7.92. The number of hydrogen-bond acceptors (Lipinski definition) is 7. The molecule has 11 heteroatoms. The van der Waals surface area contributed by atoms with E-state index in [1.807, 2.05) is 13.1 Å². The lowest BCUT2D eigenvalue weighted by Crippen LogP contribution is -2.32. The van der Waals surface area contributed by atoms with Gasteiger partial charge in [0.15, 0.2) is 0 Å². The third kappa shape index (κ3) is 5.53. The number of ether oxygens (including phenoxy) is 1. The van der Waals surface area contributed by atoms with Crippen molar-refractivity contribution < 1.29 is 32.0 Å². The van der Waals surface area contributed by atoms with Crippen molar-refractivity contribution in [1.82, 2.24) is 5.32 Å². The lowest BCUT2D eigenvalue weighted by molar-refractivity contribution is 0.403. The summed E-state index contributed by atoms with van der Waals surface area (Å²) in [5, 5.41) is 23.3. The number of anilines is 1. The Labute approximate surface area is 227 Å². The van der Waals surface area contributed by atoms with E-state index < -0.39 is 17.1 Å². The summed E-state index contributed by atoms with van der Waals surface area (Å²) in [5.74, 6) is 0.736. The van der Waals surface area contributed by atoms with Crippen molar-refractivity contribution in [3.63, 3.8) is 0 Å². The first-order chi connectivity index (χ1) is 18.6. The molecule has 3 N–H and O–H groups in total. The highest BCUT2D eigenvalue weighted by atomic mass is 32.2. The maximum absolute atomic E-state index is 13.6. The maximum atomic E-state index is 13.6. The number of furan rings is 1. The third-order valence-corrected chi connectivity index (χ3v) is 8.11. The zero-order valence-electron chi connectivity index (χ0n) is 21.9. The first-order valence-electron chi connectivity index (χ1n) is 12.6. The Balaban J connectivity index is 1.66. The number of halogens is 1. The Morgan fingerprint density at radius 2 is 1.85 bits per heavy atom. The predicted octanol–water partition coefficient (Wildman–Crippen LogP) is 3.49. The van der Waals surface area contributed by atoms with E-state index in [4.69, 9.17) is 9.15 Å². The summed E-state index contributed by atoms with van der Waals surface area (Å²) in [5.41, 5.74) is 4.44. The SMILES string of the molecule is CNCc1c(-c2ccc(F)cc2)oc2cc(N(Cc3ccc(B(O)O)c(OC)c3)S(C)(=O)=O)c(C3CC3)cc12. The molecule has 0 saturated heterocycles. The summed E-state index contributed by atoms with van der Waals surface area (Å²) in [6.45, 7) is 0.527. The van der Waals surface area contributed by atoms with Crippen LogP contribution in [0.15, 0.2) is 59.0 Å². The first kappa shape index (κ1) is 27.2. The van der Waals surface area contributed by atoms with Gasteiger partial charge in [0.25, 0.3) is 0 Å². The monoisotopic (exact) mass is 552 g/mol. The molecule has 3 aromatic carbocycles. The zero-order chi connectivity index (χ0) is 27.9. The van der Waals surface area contributed by atoms with Crippen LogP contribution in [-0.2, 0) is 23.1 Å². The zero-order valence-corrected chi connectivity index (χ0v) is 22.8. The van der Waals surface area contributed by atoms with Crippen molar-refractivity contribution in [2.45, 2.75) is 31.8 Å². The Kier molecular flexibility index (Phi) is 7.43. The van der Waals surface area contributed by atoms with E-state index >= 15 is 0 Å². The van der Waals surface area contributed by atoms with Crippen LogP contribution in [0.1, 0.15) is 35.4 Å². The van der Waals surface area contributed by atoms with Crippen molar-refractivity contribution in [2.24, 2.45) is 0 Å². The van der Waals surface area contributed by atoms with E-state index in [2.05, 4.69) is 5.32 Å². The number of sulfonamides is 1. The van der Waals surface area contributed by atoms with Gasteiger partial charge in [0, 0.05) is 34.6 Å². The fourth-order valence-corrected chi connectivity index (χ4v) is 5.84. The molecule has 8 nitrogen and oxygen atoms in total. The molecule has 0 radical (unpaired) electrons. The number of benzene rings is 3. The number of fused-ring (bicyclic) bond motifs is 1. The van der Waals surface area contributed by atoms with Crippen molar-refractivity contribution in [2.75, 3.05) is 24.7 Å². The second kappa shape index (κ2) is 10.7. The van der Waals surface area contributed by atoms with Crippen molar-refractivity contribution in [1.29, 1.82) is 0 Å². The summed E-state index contributed by atoms with van der Waals surface area (Å²) in [6.07, 6.45) is 3.07. The van der Waals surface area contributed by atoms with Crippen molar-refractivity contribution >= 4 is 39.3 Å². The van der Waals surface area contributed by atoms with Crippen LogP contribution in [0.25, 0.3) is 22.3 Å². The standard InChI is InChI=1S/C28H30BFN2O6S/c1-31-15-23-22-13-21(18-5-6-18)25(14-26(22)38-28(23)19-7-9-20(30)10-8-19)32(39(3,35)36)16-17-4-11-24(29(33)34)27(12-17)37-2/h4,7-14,18,31,33-34H,5-6,15-16H2,1-3H3. The van der Waals surface area contributed by atoms with Crippen LogP contribution < -0.4 is 19.8 Å². The number of nitrogens with zero attached hydrogens (tertiary/aromatic N) is 1. The highest BCUT2D eigenvalue weighted by Crippen LogP contribution is 2.48. The fourth-order valence-electron chi connectivity index (χ4n) is 4.94. The van der Waals surface area contributed by atoms with E-state index in [-0.39, 0.29) is 29.5 Å². The number of methoxy groups -OCH3 is 1. The largest absolute Gasteiger partial charge is 0.497 e. The topological polar surface area (TPSA) is 112 Å². The van der Waals surface area contributed by atoms with Gasteiger partial charge < -0.3 is 24.5 Å². The normalized spacial score (nSPS) is 13.6. The van der Waals surface area contributed by atoms with Crippen LogP contribution in [0.2, 0.25) is 0 Å². The van der Waals surface area contributed by atoms with Crippen LogP contribution in [0.3, 0.4) is 0 Å². The van der Waals surface area contributed by atoms with Crippen molar-refractivity contribution in [3.8, 4) is 17.1 Å². The molecule has 1 heterocycles. The van der Waals surface area contributed by atoms with Crippen LogP contribution in [0, 0.1) is 5.82 Å². The van der Waals surface area contributed by atoms with Gasteiger partial charge in [-0.3, -0.25) is 4.31 Å². The summed E-state index contributed by atoms with van der Waals surface area (Å²) in [4.78, 5) is 0. The molecule has 5 rings (SSSR count). The van der Waals surface area contributed by atoms with Gasteiger partial charge in [-0.1, -0.05) is 12.1 Å². The Morgan fingerprint density at radius 1 is 1.13 bits per heavy atom. The molecule has 1 aliphatic rings. The molecule has 1 saturated carbocycles. The molecule has 0 amide bonds. The molecule has 1 aliphatic carbocycles. The van der Waals surface area contributed by atoms with Gasteiger partial charge in [-0.15, -0.1) is 0 Å². The van der Waals surface area contributed by atoms with Crippen molar-refractivity contribution in [3.05, 3.63) is 77.1 Å². The summed E-state index contributed by atoms with van der Waals surface area (Å²) >= 11 is 0. The van der Waals surface area contributed by atoms with Gasteiger partial charge in [-0.05, 0) is 73.3 Å².